The fraction of sp³-hybridized carbons (Fsp3) is 0.529. The van der Waals surface area contributed by atoms with E-state index in [2.05, 4.69) is 20.5 Å². The third-order valence-corrected chi connectivity index (χ3v) is 4.20. The molecule has 136 valence electrons. The number of carbonyl (C=O) groups excluding carboxylic acids is 1. The van der Waals surface area contributed by atoms with Crippen molar-refractivity contribution in [3.05, 3.63) is 24.5 Å². The van der Waals surface area contributed by atoms with Crippen molar-refractivity contribution >= 4 is 17.7 Å². The number of nitrogens with one attached hydrogen (secondary N) is 1. The second kappa shape index (κ2) is 8.96. The Morgan fingerprint density at radius 2 is 2.00 bits per heavy atom. The van der Waals surface area contributed by atoms with Crippen molar-refractivity contribution in [2.45, 2.75) is 44.4 Å². The van der Waals surface area contributed by atoms with Crippen molar-refractivity contribution in [3.8, 4) is 11.4 Å². The highest BCUT2D eigenvalue weighted by Gasteiger charge is 2.18. The molecule has 0 spiro atoms. The van der Waals surface area contributed by atoms with Crippen molar-refractivity contribution in [3.63, 3.8) is 0 Å². The van der Waals surface area contributed by atoms with Gasteiger partial charge < -0.3 is 14.6 Å². The number of thioether (sulfide) groups is 1. The molecule has 0 saturated carbocycles. The molecule has 0 aliphatic carbocycles. The molecule has 0 atom stereocenters. The average Bonchev–Trinajstić information content (AvgIpc) is 2.95. The molecule has 2 heterocycles. The van der Waals surface area contributed by atoms with E-state index in [4.69, 9.17) is 4.74 Å². The minimum Gasteiger partial charge on any atom is -0.385 e. The molecule has 0 aromatic carbocycles. The number of carbonyl (C=O) groups is 1. The maximum atomic E-state index is 12.1. The lowest BCUT2D eigenvalue weighted by molar-refractivity contribution is -0.119. The number of ether oxygens (including phenoxy) is 1. The van der Waals surface area contributed by atoms with Gasteiger partial charge in [-0.15, -0.1) is 10.2 Å². The van der Waals surface area contributed by atoms with Crippen LogP contribution in [-0.2, 0) is 16.1 Å². The SMILES string of the molecule is COCCCn1c(SCC(=O)NC(C)(C)C)nnc1-c1ccncc1. The van der Waals surface area contributed by atoms with Gasteiger partial charge in [-0.05, 0) is 39.3 Å². The minimum absolute atomic E-state index is 0.0191. The monoisotopic (exact) mass is 363 g/mol. The molecule has 0 fully saturated rings. The number of hydrogen-bond donors (Lipinski definition) is 1. The molecule has 1 amide bonds. The molecule has 8 heteroatoms. The summed E-state index contributed by atoms with van der Waals surface area (Å²) in [5.74, 6) is 1.06. The average molecular weight is 363 g/mol. The normalized spacial score (nSPS) is 11.5. The molecule has 0 saturated heterocycles. The molecule has 0 radical (unpaired) electrons. The van der Waals surface area contributed by atoms with Crippen LogP contribution in [0, 0.1) is 0 Å². The highest BCUT2D eigenvalue weighted by Crippen LogP contribution is 2.24. The predicted octanol–water partition coefficient (Wildman–Crippen LogP) is 2.38. The number of aromatic nitrogens is 4. The molecule has 7 nitrogen and oxygen atoms in total. The van der Waals surface area contributed by atoms with Gasteiger partial charge in [0.05, 0.1) is 5.75 Å². The number of hydrogen-bond acceptors (Lipinski definition) is 6. The zero-order valence-corrected chi connectivity index (χ0v) is 16.0. The summed E-state index contributed by atoms with van der Waals surface area (Å²) >= 11 is 1.39. The predicted molar refractivity (Wildman–Crippen MR) is 98.4 cm³/mol. The summed E-state index contributed by atoms with van der Waals surface area (Å²) in [5.41, 5.74) is 0.706. The number of methoxy groups -OCH3 is 1. The molecule has 1 N–H and O–H groups in total. The van der Waals surface area contributed by atoms with E-state index in [-0.39, 0.29) is 11.4 Å². The summed E-state index contributed by atoms with van der Waals surface area (Å²) < 4.78 is 7.17. The largest absolute Gasteiger partial charge is 0.385 e. The van der Waals surface area contributed by atoms with Crippen LogP contribution >= 0.6 is 11.8 Å². The van der Waals surface area contributed by atoms with Gasteiger partial charge in [-0.1, -0.05) is 11.8 Å². The van der Waals surface area contributed by atoms with Gasteiger partial charge in [0.15, 0.2) is 11.0 Å². The highest BCUT2D eigenvalue weighted by atomic mass is 32.2. The van der Waals surface area contributed by atoms with E-state index in [1.54, 1.807) is 19.5 Å². The van der Waals surface area contributed by atoms with Crippen LogP contribution in [0.1, 0.15) is 27.2 Å². The smallest absolute Gasteiger partial charge is 0.230 e. The van der Waals surface area contributed by atoms with Crippen LogP contribution in [0.2, 0.25) is 0 Å². The standard InChI is InChI=1S/C17H25N5O2S/c1-17(2,3)19-14(23)12-25-16-21-20-15(13-6-8-18-9-7-13)22(16)10-5-11-24-4/h6-9H,5,10-12H2,1-4H3,(H,19,23). The summed E-state index contributed by atoms with van der Waals surface area (Å²) in [6.45, 7) is 7.27. The first-order valence-electron chi connectivity index (χ1n) is 8.17. The summed E-state index contributed by atoms with van der Waals surface area (Å²) in [6.07, 6.45) is 4.30. The quantitative estimate of drug-likeness (QED) is 0.573. The summed E-state index contributed by atoms with van der Waals surface area (Å²) in [6, 6.07) is 3.80. The van der Waals surface area contributed by atoms with Gasteiger partial charge in [0.2, 0.25) is 5.91 Å². The van der Waals surface area contributed by atoms with Gasteiger partial charge in [-0.3, -0.25) is 9.78 Å². The number of rotatable bonds is 8. The van der Waals surface area contributed by atoms with Crippen LogP contribution in [-0.4, -0.2) is 50.7 Å². The first kappa shape index (κ1) is 19.4. The lowest BCUT2D eigenvalue weighted by Crippen LogP contribution is -2.41. The number of pyridine rings is 1. The third-order valence-electron chi connectivity index (χ3n) is 3.23. The first-order chi connectivity index (χ1) is 11.9. The second-order valence-corrected chi connectivity index (χ2v) is 7.57. The zero-order chi connectivity index (χ0) is 18.3. The van der Waals surface area contributed by atoms with Crippen molar-refractivity contribution in [1.29, 1.82) is 0 Å². The lowest BCUT2D eigenvalue weighted by atomic mass is 10.1. The maximum absolute atomic E-state index is 12.1. The molecule has 25 heavy (non-hydrogen) atoms. The Kier molecular flexibility index (Phi) is 6.95. The van der Waals surface area contributed by atoms with Gasteiger partial charge in [0, 0.05) is 43.8 Å². The van der Waals surface area contributed by atoms with Crippen LogP contribution in [0.4, 0.5) is 0 Å². The second-order valence-electron chi connectivity index (χ2n) is 6.63. The molecule has 0 aliphatic rings. The van der Waals surface area contributed by atoms with Gasteiger partial charge in [-0.2, -0.15) is 0 Å². The third kappa shape index (κ3) is 6.13. The highest BCUT2D eigenvalue weighted by molar-refractivity contribution is 7.99. The Hall–Kier alpha value is -1.93. The summed E-state index contributed by atoms with van der Waals surface area (Å²) in [5, 5.41) is 12.3. The molecular formula is C17H25N5O2S. The maximum Gasteiger partial charge on any atom is 0.230 e. The van der Waals surface area contributed by atoms with Crippen LogP contribution < -0.4 is 5.32 Å². The van der Waals surface area contributed by atoms with Gasteiger partial charge in [0.25, 0.3) is 0 Å². The van der Waals surface area contributed by atoms with Crippen LogP contribution in [0.5, 0.6) is 0 Å². The van der Waals surface area contributed by atoms with E-state index in [0.717, 1.165) is 29.5 Å². The van der Waals surface area contributed by atoms with E-state index in [1.165, 1.54) is 11.8 Å². The minimum atomic E-state index is -0.244. The first-order valence-corrected chi connectivity index (χ1v) is 9.15. The summed E-state index contributed by atoms with van der Waals surface area (Å²) in [7, 11) is 1.68. The van der Waals surface area contributed by atoms with E-state index < -0.39 is 0 Å². The van der Waals surface area contributed by atoms with Crippen LogP contribution in [0.25, 0.3) is 11.4 Å². The van der Waals surface area contributed by atoms with Crippen LogP contribution in [0.3, 0.4) is 0 Å². The van der Waals surface area contributed by atoms with E-state index in [1.807, 2.05) is 37.5 Å². The lowest BCUT2D eigenvalue weighted by Gasteiger charge is -2.20. The van der Waals surface area contributed by atoms with Crippen molar-refractivity contribution in [2.75, 3.05) is 19.5 Å². The molecule has 0 aliphatic heterocycles. The summed E-state index contributed by atoms with van der Waals surface area (Å²) in [4.78, 5) is 16.1. The van der Waals surface area contributed by atoms with E-state index in [9.17, 15) is 4.79 Å². The van der Waals surface area contributed by atoms with Crippen molar-refractivity contribution in [1.82, 2.24) is 25.1 Å². The molecule has 2 rings (SSSR count). The Labute approximate surface area is 152 Å². The van der Waals surface area contributed by atoms with E-state index >= 15 is 0 Å². The molecule has 2 aromatic heterocycles. The number of nitrogens with zero attached hydrogens (tertiary/aromatic N) is 4. The zero-order valence-electron chi connectivity index (χ0n) is 15.2. The van der Waals surface area contributed by atoms with Gasteiger partial charge in [-0.25, -0.2) is 0 Å². The van der Waals surface area contributed by atoms with Crippen molar-refractivity contribution in [2.24, 2.45) is 0 Å². The Morgan fingerprint density at radius 1 is 1.28 bits per heavy atom. The Balaban J connectivity index is 2.14. The van der Waals surface area contributed by atoms with E-state index in [0.29, 0.717) is 12.4 Å². The molecule has 0 unspecified atom stereocenters. The fourth-order valence-corrected chi connectivity index (χ4v) is 3.03. The van der Waals surface area contributed by atoms with Crippen molar-refractivity contribution < 1.29 is 9.53 Å². The number of amides is 1. The molecule has 0 bridgehead atoms. The Bertz CT molecular complexity index is 682. The fourth-order valence-electron chi connectivity index (χ4n) is 2.26. The topological polar surface area (TPSA) is 81.9 Å². The Morgan fingerprint density at radius 3 is 2.64 bits per heavy atom. The van der Waals surface area contributed by atoms with Gasteiger partial charge >= 0.3 is 0 Å². The molecular weight excluding hydrogens is 338 g/mol. The van der Waals surface area contributed by atoms with Gasteiger partial charge in [0.1, 0.15) is 0 Å². The molecule has 2 aromatic rings. The van der Waals surface area contributed by atoms with Crippen LogP contribution in [0.15, 0.2) is 29.7 Å².